The lowest BCUT2D eigenvalue weighted by Crippen LogP contribution is -2.44. The first kappa shape index (κ1) is 22.6. The molecule has 0 fully saturated rings. The van der Waals surface area contributed by atoms with Crippen molar-refractivity contribution < 1.29 is 19.5 Å². The third-order valence-corrected chi connectivity index (χ3v) is 3.91. The van der Waals surface area contributed by atoms with Crippen LogP contribution >= 0.6 is 0 Å². The van der Waals surface area contributed by atoms with Crippen molar-refractivity contribution in [1.82, 2.24) is 15.8 Å². The molecule has 0 unspecified atom stereocenters. The fraction of sp³-hybridized carbons (Fsp3) is 0.556. The summed E-state index contributed by atoms with van der Waals surface area (Å²) in [5.41, 5.74) is 5.20. The Hall–Kier alpha value is -2.44. The molecule has 7 nitrogen and oxygen atoms in total. The molecule has 0 saturated carbocycles. The summed E-state index contributed by atoms with van der Waals surface area (Å²) >= 11 is 0. The number of nitrogens with zero attached hydrogens (tertiary/aromatic N) is 1. The number of aliphatic carboxylic acids is 1. The van der Waals surface area contributed by atoms with Gasteiger partial charge in [0.05, 0.1) is 11.5 Å². The molecule has 0 aromatic carbocycles. The lowest BCUT2D eigenvalue weighted by Gasteiger charge is -2.13. The second kappa shape index (κ2) is 12.9. The molecule has 1 heterocycles. The normalized spacial score (nSPS) is 10.0. The molecule has 0 saturated heterocycles. The summed E-state index contributed by atoms with van der Waals surface area (Å²) in [7, 11) is 0. The van der Waals surface area contributed by atoms with E-state index in [0.29, 0.717) is 5.56 Å². The summed E-state index contributed by atoms with van der Waals surface area (Å²) < 4.78 is 0. The molecule has 0 aliphatic heterocycles. The van der Waals surface area contributed by atoms with Crippen molar-refractivity contribution in [3.8, 4) is 0 Å². The van der Waals surface area contributed by atoms with Crippen LogP contribution in [0.1, 0.15) is 63.7 Å². The highest BCUT2D eigenvalue weighted by Crippen LogP contribution is 2.06. The van der Waals surface area contributed by atoms with Gasteiger partial charge in [-0.15, -0.1) is 0 Å². The summed E-state index contributed by atoms with van der Waals surface area (Å²) in [6.45, 7) is 7.66. The zero-order valence-corrected chi connectivity index (χ0v) is 15.4. The van der Waals surface area contributed by atoms with Gasteiger partial charge in [0.15, 0.2) is 0 Å². The number of carboxylic acids is 1. The minimum atomic E-state index is -0.671. The molecule has 0 radical (unpaired) electrons. The fourth-order valence-electron chi connectivity index (χ4n) is 2.09. The highest BCUT2D eigenvalue weighted by atomic mass is 16.4. The number of aromatic nitrogens is 1. The van der Waals surface area contributed by atoms with Crippen LogP contribution in [-0.2, 0) is 9.59 Å². The van der Waals surface area contributed by atoms with Gasteiger partial charge in [-0.1, -0.05) is 27.7 Å². The average Bonchev–Trinajstić information content (AvgIpc) is 2.62. The molecular formula is C18H29N3O4. The minimum Gasteiger partial charge on any atom is -0.481 e. The molecule has 1 aromatic heterocycles. The number of hydrazine groups is 1. The van der Waals surface area contributed by atoms with Gasteiger partial charge in [0.2, 0.25) is 5.91 Å². The topological polar surface area (TPSA) is 108 Å². The maximum absolute atomic E-state index is 11.6. The Kier molecular flexibility index (Phi) is 11.7. The van der Waals surface area contributed by atoms with E-state index in [0.717, 1.165) is 25.7 Å². The first-order valence-electron chi connectivity index (χ1n) is 8.64. The Bertz CT molecular complexity index is 526. The van der Waals surface area contributed by atoms with Crippen LogP contribution in [0.4, 0.5) is 0 Å². The summed E-state index contributed by atoms with van der Waals surface area (Å²) in [6, 6.07) is 3.29. The summed E-state index contributed by atoms with van der Waals surface area (Å²) in [5, 5.41) is 8.37. The number of amides is 2. The van der Waals surface area contributed by atoms with Crippen LogP contribution in [0.3, 0.4) is 0 Å². The van der Waals surface area contributed by atoms with Gasteiger partial charge in [-0.3, -0.25) is 30.2 Å². The van der Waals surface area contributed by atoms with E-state index in [1.807, 2.05) is 27.7 Å². The largest absolute Gasteiger partial charge is 0.481 e. The highest BCUT2D eigenvalue weighted by molar-refractivity contribution is 5.95. The highest BCUT2D eigenvalue weighted by Gasteiger charge is 2.14. The van der Waals surface area contributed by atoms with Crippen molar-refractivity contribution in [1.29, 1.82) is 0 Å². The number of pyridine rings is 1. The Morgan fingerprint density at radius 3 is 1.92 bits per heavy atom. The first-order valence-corrected chi connectivity index (χ1v) is 8.64. The smallest absolute Gasteiger partial charge is 0.306 e. The third kappa shape index (κ3) is 8.83. The molecule has 0 bridgehead atoms. The van der Waals surface area contributed by atoms with Crippen LogP contribution in [0, 0.1) is 11.8 Å². The Morgan fingerprint density at radius 2 is 1.56 bits per heavy atom. The zero-order valence-electron chi connectivity index (χ0n) is 15.4. The van der Waals surface area contributed by atoms with Gasteiger partial charge < -0.3 is 5.11 Å². The van der Waals surface area contributed by atoms with Crippen molar-refractivity contribution >= 4 is 17.8 Å². The monoisotopic (exact) mass is 351 g/mol. The van der Waals surface area contributed by atoms with Crippen molar-refractivity contribution in [3.05, 3.63) is 30.1 Å². The number of carboxylic acid groups (broad SMARTS) is 1. The summed E-state index contributed by atoms with van der Waals surface area (Å²) in [4.78, 5) is 37.2. The molecule has 7 heteroatoms. The Balaban J connectivity index is 0.000000609. The Morgan fingerprint density at radius 1 is 1.00 bits per heavy atom. The van der Waals surface area contributed by atoms with E-state index in [4.69, 9.17) is 5.11 Å². The van der Waals surface area contributed by atoms with Crippen molar-refractivity contribution in [2.24, 2.45) is 11.8 Å². The number of carbonyl (C=O) groups excluding carboxylic acids is 2. The summed E-state index contributed by atoms with van der Waals surface area (Å²) in [5.74, 6) is -1.39. The minimum absolute atomic E-state index is 0.0656. The lowest BCUT2D eigenvalue weighted by atomic mass is 10.0. The predicted molar refractivity (Wildman–Crippen MR) is 95.6 cm³/mol. The van der Waals surface area contributed by atoms with Crippen molar-refractivity contribution in [3.63, 3.8) is 0 Å². The Labute approximate surface area is 149 Å². The molecule has 0 aliphatic rings. The molecule has 0 atom stereocenters. The van der Waals surface area contributed by atoms with Crippen LogP contribution < -0.4 is 10.9 Å². The van der Waals surface area contributed by atoms with E-state index in [-0.39, 0.29) is 23.7 Å². The average molecular weight is 351 g/mol. The van der Waals surface area contributed by atoms with Crippen LogP contribution in [0.5, 0.6) is 0 Å². The van der Waals surface area contributed by atoms with Crippen LogP contribution in [0.2, 0.25) is 0 Å². The molecule has 140 valence electrons. The van der Waals surface area contributed by atoms with Gasteiger partial charge >= 0.3 is 5.97 Å². The standard InChI is InChI=1S/C12H17N3O2.C6H12O2/c1-3-9(4-2)11(16)14-15-12(17)10-6-5-7-13-8-10;1-3-5(4-2)6(7)8/h5-9H,3-4H2,1-2H3,(H,14,16)(H,15,17);5H,3-4H2,1-2H3,(H,7,8). The van der Waals surface area contributed by atoms with Gasteiger partial charge in [0, 0.05) is 18.3 Å². The van der Waals surface area contributed by atoms with Gasteiger partial charge in [-0.25, -0.2) is 0 Å². The maximum atomic E-state index is 11.6. The number of carbonyl (C=O) groups is 3. The van der Waals surface area contributed by atoms with E-state index in [9.17, 15) is 14.4 Å². The van der Waals surface area contributed by atoms with Crippen LogP contribution in [0.15, 0.2) is 24.5 Å². The second-order valence-corrected chi connectivity index (χ2v) is 5.55. The number of rotatable bonds is 7. The molecule has 3 N–H and O–H groups in total. The van der Waals surface area contributed by atoms with Gasteiger partial charge in [-0.05, 0) is 37.8 Å². The molecule has 2 amide bonds. The molecular weight excluding hydrogens is 322 g/mol. The first-order chi connectivity index (χ1) is 11.9. The SMILES string of the molecule is CCC(CC)C(=O)NNC(=O)c1cccnc1.CCC(CC)C(=O)O. The van der Waals surface area contributed by atoms with Gasteiger partial charge in [0.1, 0.15) is 0 Å². The summed E-state index contributed by atoms with van der Waals surface area (Å²) in [6.07, 6.45) is 6.02. The zero-order chi connectivity index (χ0) is 19.2. The number of hydrogen-bond acceptors (Lipinski definition) is 4. The predicted octanol–water partition coefficient (Wildman–Crippen LogP) is 2.79. The van der Waals surface area contributed by atoms with Crippen LogP contribution in [0.25, 0.3) is 0 Å². The fourth-order valence-corrected chi connectivity index (χ4v) is 2.09. The van der Waals surface area contributed by atoms with E-state index >= 15 is 0 Å². The molecule has 1 aromatic rings. The van der Waals surface area contributed by atoms with Gasteiger partial charge in [-0.2, -0.15) is 0 Å². The van der Waals surface area contributed by atoms with E-state index in [2.05, 4.69) is 15.8 Å². The third-order valence-electron chi connectivity index (χ3n) is 3.91. The van der Waals surface area contributed by atoms with Gasteiger partial charge in [0.25, 0.3) is 5.91 Å². The molecule has 0 spiro atoms. The molecule has 0 aliphatic carbocycles. The quantitative estimate of drug-likeness (QED) is 0.655. The maximum Gasteiger partial charge on any atom is 0.306 e. The van der Waals surface area contributed by atoms with E-state index in [1.54, 1.807) is 18.3 Å². The van der Waals surface area contributed by atoms with Crippen LogP contribution in [-0.4, -0.2) is 27.9 Å². The van der Waals surface area contributed by atoms with Crippen molar-refractivity contribution in [2.45, 2.75) is 53.4 Å². The number of nitrogens with one attached hydrogen (secondary N) is 2. The second-order valence-electron chi connectivity index (χ2n) is 5.55. The lowest BCUT2D eigenvalue weighted by molar-refractivity contribution is -0.141. The molecule has 25 heavy (non-hydrogen) atoms. The van der Waals surface area contributed by atoms with E-state index in [1.165, 1.54) is 6.20 Å². The molecule has 1 rings (SSSR count). The van der Waals surface area contributed by atoms with Crippen molar-refractivity contribution in [2.75, 3.05) is 0 Å². The number of hydrogen-bond donors (Lipinski definition) is 3. The van der Waals surface area contributed by atoms with E-state index < -0.39 is 5.97 Å².